The summed E-state index contributed by atoms with van der Waals surface area (Å²) >= 11 is 1.32. The zero-order chi connectivity index (χ0) is 17.5. The van der Waals surface area contributed by atoms with Gasteiger partial charge in [-0.3, -0.25) is 4.79 Å². The van der Waals surface area contributed by atoms with Crippen molar-refractivity contribution in [3.63, 3.8) is 0 Å². The lowest BCUT2D eigenvalue weighted by atomic mass is 10.0. The molecule has 5 nitrogen and oxygen atoms in total. The molecule has 8 heteroatoms. The van der Waals surface area contributed by atoms with Gasteiger partial charge in [-0.05, 0) is 12.5 Å². The maximum absolute atomic E-state index is 12.5. The second-order valence-corrected chi connectivity index (χ2v) is 5.85. The number of benzene rings is 1. The lowest BCUT2D eigenvalue weighted by Crippen LogP contribution is -2.29. The van der Waals surface area contributed by atoms with E-state index in [9.17, 15) is 13.6 Å². The van der Waals surface area contributed by atoms with E-state index in [0.717, 1.165) is 0 Å². The fraction of sp³-hybridized carbons (Fsp3) is 0.375. The minimum Gasteiger partial charge on any atom is -0.434 e. The maximum atomic E-state index is 12.5. The predicted octanol–water partition coefficient (Wildman–Crippen LogP) is 3.77. The maximum Gasteiger partial charge on any atom is 0.387 e. The summed E-state index contributed by atoms with van der Waals surface area (Å²) in [5, 5.41) is 5.14. The van der Waals surface area contributed by atoms with E-state index in [2.05, 4.69) is 15.0 Å². The van der Waals surface area contributed by atoms with Crippen LogP contribution in [0.3, 0.4) is 0 Å². The lowest BCUT2D eigenvalue weighted by Gasteiger charge is -2.20. The molecule has 2 aromatic rings. The van der Waals surface area contributed by atoms with Gasteiger partial charge in [0.2, 0.25) is 0 Å². The van der Waals surface area contributed by atoms with Gasteiger partial charge < -0.3 is 14.8 Å². The van der Waals surface area contributed by atoms with E-state index in [0.29, 0.717) is 23.6 Å². The second-order valence-electron chi connectivity index (χ2n) is 4.91. The molecule has 2 rings (SSSR count). The Morgan fingerprint density at radius 1 is 1.38 bits per heavy atom. The summed E-state index contributed by atoms with van der Waals surface area (Å²) in [6.45, 7) is -0.740. The molecule has 0 fully saturated rings. The van der Waals surface area contributed by atoms with Crippen molar-refractivity contribution in [3.8, 4) is 5.75 Å². The Hall–Kier alpha value is -2.06. The van der Waals surface area contributed by atoms with Gasteiger partial charge in [-0.25, -0.2) is 4.98 Å². The first kappa shape index (κ1) is 18.3. The van der Waals surface area contributed by atoms with Crippen LogP contribution in [0.2, 0.25) is 0 Å². The van der Waals surface area contributed by atoms with Crippen molar-refractivity contribution >= 4 is 17.2 Å². The SMILES string of the molecule is CCC(NC(=O)c1csc(COC)n1)c1ccccc1OC(F)F. The smallest absolute Gasteiger partial charge is 0.387 e. The number of ether oxygens (including phenoxy) is 2. The molecule has 0 aliphatic heterocycles. The summed E-state index contributed by atoms with van der Waals surface area (Å²) in [4.78, 5) is 16.5. The molecular weight excluding hydrogens is 338 g/mol. The summed E-state index contributed by atoms with van der Waals surface area (Å²) in [6, 6.07) is 5.97. The highest BCUT2D eigenvalue weighted by Crippen LogP contribution is 2.28. The van der Waals surface area contributed by atoms with Crippen molar-refractivity contribution in [1.82, 2.24) is 10.3 Å². The molecule has 1 aromatic heterocycles. The Morgan fingerprint density at radius 2 is 2.12 bits per heavy atom. The fourth-order valence-corrected chi connectivity index (χ4v) is 2.95. The number of hydrogen-bond acceptors (Lipinski definition) is 5. The van der Waals surface area contributed by atoms with Crippen LogP contribution in [0.25, 0.3) is 0 Å². The molecule has 1 unspecified atom stereocenters. The van der Waals surface area contributed by atoms with E-state index in [-0.39, 0.29) is 17.4 Å². The first-order chi connectivity index (χ1) is 11.5. The number of alkyl halides is 2. The van der Waals surface area contributed by atoms with Crippen molar-refractivity contribution < 1.29 is 23.0 Å². The molecule has 1 N–H and O–H groups in total. The van der Waals surface area contributed by atoms with Crippen LogP contribution in [-0.4, -0.2) is 24.6 Å². The average Bonchev–Trinajstić information content (AvgIpc) is 3.02. The van der Waals surface area contributed by atoms with E-state index in [1.165, 1.54) is 17.4 Å². The summed E-state index contributed by atoms with van der Waals surface area (Å²) in [7, 11) is 1.55. The van der Waals surface area contributed by atoms with Gasteiger partial charge in [0.1, 0.15) is 16.5 Å². The number of para-hydroxylation sites is 1. The largest absolute Gasteiger partial charge is 0.434 e. The van der Waals surface area contributed by atoms with Gasteiger partial charge in [-0.1, -0.05) is 25.1 Å². The topological polar surface area (TPSA) is 60.5 Å². The average molecular weight is 356 g/mol. The number of carbonyl (C=O) groups excluding carboxylic acids is 1. The van der Waals surface area contributed by atoms with Crippen LogP contribution in [-0.2, 0) is 11.3 Å². The molecule has 0 saturated heterocycles. The van der Waals surface area contributed by atoms with Gasteiger partial charge in [0, 0.05) is 18.1 Å². The monoisotopic (exact) mass is 356 g/mol. The minimum absolute atomic E-state index is 0.0537. The first-order valence-corrected chi connectivity index (χ1v) is 8.21. The van der Waals surface area contributed by atoms with Gasteiger partial charge >= 0.3 is 6.61 Å². The van der Waals surface area contributed by atoms with E-state index in [1.807, 2.05) is 6.92 Å². The Bertz CT molecular complexity index is 679. The molecule has 0 aliphatic carbocycles. The zero-order valence-corrected chi connectivity index (χ0v) is 14.1. The molecule has 24 heavy (non-hydrogen) atoms. The fourth-order valence-electron chi connectivity index (χ4n) is 2.21. The first-order valence-electron chi connectivity index (χ1n) is 7.33. The van der Waals surface area contributed by atoms with Gasteiger partial charge in [0.15, 0.2) is 0 Å². The molecule has 1 atom stereocenters. The molecule has 1 aromatic carbocycles. The highest BCUT2D eigenvalue weighted by Gasteiger charge is 2.20. The molecule has 1 heterocycles. The third-order valence-electron chi connectivity index (χ3n) is 3.28. The lowest BCUT2D eigenvalue weighted by molar-refractivity contribution is -0.0506. The minimum atomic E-state index is -2.92. The van der Waals surface area contributed by atoms with E-state index in [1.54, 1.807) is 30.7 Å². The highest BCUT2D eigenvalue weighted by atomic mass is 32.1. The normalized spacial score (nSPS) is 12.2. The highest BCUT2D eigenvalue weighted by molar-refractivity contribution is 7.09. The Morgan fingerprint density at radius 3 is 2.79 bits per heavy atom. The number of thiazole rings is 1. The second kappa shape index (κ2) is 8.70. The zero-order valence-electron chi connectivity index (χ0n) is 13.3. The van der Waals surface area contributed by atoms with Crippen molar-refractivity contribution in [2.75, 3.05) is 7.11 Å². The van der Waals surface area contributed by atoms with Gasteiger partial charge in [0.25, 0.3) is 5.91 Å². The Balaban J connectivity index is 2.15. The van der Waals surface area contributed by atoms with Crippen LogP contribution in [0.5, 0.6) is 5.75 Å². The third kappa shape index (κ3) is 4.72. The van der Waals surface area contributed by atoms with E-state index < -0.39 is 12.7 Å². The molecule has 0 saturated carbocycles. The number of nitrogens with zero attached hydrogens (tertiary/aromatic N) is 1. The number of methoxy groups -OCH3 is 1. The number of rotatable bonds is 8. The number of nitrogens with one attached hydrogen (secondary N) is 1. The number of amides is 1. The van der Waals surface area contributed by atoms with Crippen molar-refractivity contribution in [2.45, 2.75) is 32.6 Å². The van der Waals surface area contributed by atoms with Crippen molar-refractivity contribution in [3.05, 3.63) is 45.9 Å². The molecule has 1 amide bonds. The summed E-state index contributed by atoms with van der Waals surface area (Å²) in [5.41, 5.74) is 0.777. The third-order valence-corrected chi connectivity index (χ3v) is 4.10. The Kier molecular flexibility index (Phi) is 6.62. The van der Waals surface area contributed by atoms with Crippen LogP contribution in [0.1, 0.15) is 40.4 Å². The molecule has 0 bridgehead atoms. The van der Waals surface area contributed by atoms with Crippen LogP contribution in [0, 0.1) is 0 Å². The molecule has 130 valence electrons. The number of halogens is 2. The summed E-state index contributed by atoms with van der Waals surface area (Å²) in [6.07, 6.45) is 0.518. The van der Waals surface area contributed by atoms with E-state index in [4.69, 9.17) is 4.74 Å². The van der Waals surface area contributed by atoms with Crippen molar-refractivity contribution in [2.24, 2.45) is 0 Å². The molecule has 0 aliphatic rings. The van der Waals surface area contributed by atoms with Crippen LogP contribution < -0.4 is 10.1 Å². The number of carbonyl (C=O) groups is 1. The van der Waals surface area contributed by atoms with Crippen LogP contribution in [0.4, 0.5) is 8.78 Å². The summed E-state index contributed by atoms with van der Waals surface area (Å²) in [5.74, 6) is -0.315. The van der Waals surface area contributed by atoms with Gasteiger partial charge in [-0.15, -0.1) is 11.3 Å². The molecule has 0 radical (unpaired) electrons. The Labute approximate surface area is 142 Å². The quantitative estimate of drug-likeness (QED) is 0.782. The van der Waals surface area contributed by atoms with E-state index >= 15 is 0 Å². The van der Waals surface area contributed by atoms with Gasteiger partial charge in [0.05, 0.1) is 12.6 Å². The number of hydrogen-bond donors (Lipinski definition) is 1. The molecule has 0 spiro atoms. The van der Waals surface area contributed by atoms with Crippen LogP contribution >= 0.6 is 11.3 Å². The van der Waals surface area contributed by atoms with Crippen molar-refractivity contribution in [1.29, 1.82) is 0 Å². The number of aromatic nitrogens is 1. The molecular formula is C16H18F2N2O3S. The van der Waals surface area contributed by atoms with Crippen LogP contribution in [0.15, 0.2) is 29.6 Å². The standard InChI is InChI=1S/C16H18F2N2O3S/c1-3-11(10-6-4-5-7-13(10)23-16(17)18)20-15(21)12-9-24-14(19-12)8-22-2/h4-7,9,11,16H,3,8H2,1-2H3,(H,20,21). The predicted molar refractivity (Wildman–Crippen MR) is 86.4 cm³/mol. The summed E-state index contributed by atoms with van der Waals surface area (Å²) < 4.78 is 34.6. The van der Waals surface area contributed by atoms with Gasteiger partial charge in [-0.2, -0.15) is 8.78 Å².